The van der Waals surface area contributed by atoms with Crippen molar-refractivity contribution in [1.29, 1.82) is 0 Å². The Balaban J connectivity index is 1.50. The van der Waals surface area contributed by atoms with E-state index in [2.05, 4.69) is 6.07 Å². The number of carbonyl (C=O) groups is 3. The van der Waals surface area contributed by atoms with Crippen molar-refractivity contribution >= 4 is 23.5 Å². The molecule has 0 aromatic heterocycles. The van der Waals surface area contributed by atoms with Gasteiger partial charge in [0.1, 0.15) is 13.2 Å². The molecule has 1 fully saturated rings. The maximum Gasteiger partial charge on any atom is 0.329 e. The summed E-state index contributed by atoms with van der Waals surface area (Å²) in [5.41, 5.74) is 2.21. The Morgan fingerprint density at radius 2 is 1.80 bits per heavy atom. The third-order valence-corrected chi connectivity index (χ3v) is 4.80. The van der Waals surface area contributed by atoms with Crippen LogP contribution in [0.25, 0.3) is 0 Å². The van der Waals surface area contributed by atoms with Gasteiger partial charge in [-0.05, 0) is 30.9 Å². The fourth-order valence-electron chi connectivity index (χ4n) is 3.48. The third-order valence-electron chi connectivity index (χ3n) is 4.80. The van der Waals surface area contributed by atoms with Crippen LogP contribution in [0.1, 0.15) is 18.4 Å². The zero-order chi connectivity index (χ0) is 17.8. The Kier molecular flexibility index (Phi) is 5.33. The number of anilines is 1. The van der Waals surface area contributed by atoms with Crippen molar-refractivity contribution in [2.45, 2.75) is 19.3 Å². The number of benzene rings is 1. The first-order chi connectivity index (χ1) is 12.1. The number of piperidine rings is 1. The molecule has 0 saturated carbocycles. The molecular formula is C18H22N2O5. The first kappa shape index (κ1) is 17.4. The van der Waals surface area contributed by atoms with Gasteiger partial charge in [0, 0.05) is 31.2 Å². The van der Waals surface area contributed by atoms with Gasteiger partial charge in [-0.2, -0.15) is 0 Å². The topological polar surface area (TPSA) is 87.1 Å². The maximum absolute atomic E-state index is 12.8. The molecule has 3 rings (SSSR count). The molecule has 7 nitrogen and oxygen atoms in total. The van der Waals surface area contributed by atoms with Gasteiger partial charge >= 0.3 is 5.97 Å². The van der Waals surface area contributed by atoms with E-state index in [-0.39, 0.29) is 24.3 Å². The van der Waals surface area contributed by atoms with Gasteiger partial charge in [0.15, 0.2) is 0 Å². The Labute approximate surface area is 146 Å². The minimum absolute atomic E-state index is 0.0739. The summed E-state index contributed by atoms with van der Waals surface area (Å²) in [6.45, 7) is 1.02. The summed E-state index contributed by atoms with van der Waals surface area (Å²) in [6.07, 6.45) is 2.14. The van der Waals surface area contributed by atoms with Gasteiger partial charge in [-0.1, -0.05) is 18.2 Å². The average Bonchev–Trinajstić information content (AvgIpc) is 3.05. The number of amides is 2. The number of carboxylic acids is 1. The molecule has 0 bridgehead atoms. The maximum atomic E-state index is 12.8. The number of rotatable bonds is 5. The van der Waals surface area contributed by atoms with Crippen LogP contribution in [0.15, 0.2) is 24.3 Å². The van der Waals surface area contributed by atoms with Gasteiger partial charge in [-0.15, -0.1) is 0 Å². The molecule has 134 valence electrons. The van der Waals surface area contributed by atoms with Crippen molar-refractivity contribution < 1.29 is 24.2 Å². The van der Waals surface area contributed by atoms with Crippen LogP contribution in [0.5, 0.6) is 0 Å². The molecule has 1 saturated heterocycles. The van der Waals surface area contributed by atoms with Crippen molar-refractivity contribution in [2.75, 3.05) is 37.7 Å². The second-order valence-corrected chi connectivity index (χ2v) is 6.41. The number of para-hydroxylation sites is 1. The summed E-state index contributed by atoms with van der Waals surface area (Å²) in [6, 6.07) is 7.98. The largest absolute Gasteiger partial charge is 0.480 e. The summed E-state index contributed by atoms with van der Waals surface area (Å²) in [7, 11) is 0. The zero-order valence-electron chi connectivity index (χ0n) is 14.0. The number of hydrogen-bond donors (Lipinski definition) is 1. The van der Waals surface area contributed by atoms with Crippen LogP contribution in [0.4, 0.5) is 5.69 Å². The lowest BCUT2D eigenvalue weighted by atomic mass is 9.95. The van der Waals surface area contributed by atoms with Crippen LogP contribution in [-0.4, -0.2) is 60.6 Å². The number of hydrogen-bond acceptors (Lipinski definition) is 4. The van der Waals surface area contributed by atoms with E-state index >= 15 is 0 Å². The average molecular weight is 346 g/mol. The van der Waals surface area contributed by atoms with E-state index < -0.39 is 12.6 Å². The molecule has 2 aliphatic rings. The molecular weight excluding hydrogens is 324 g/mol. The van der Waals surface area contributed by atoms with Gasteiger partial charge in [-0.3, -0.25) is 9.59 Å². The highest BCUT2D eigenvalue weighted by Crippen LogP contribution is 2.30. The van der Waals surface area contributed by atoms with E-state index in [1.165, 1.54) is 5.56 Å². The fourth-order valence-corrected chi connectivity index (χ4v) is 3.48. The molecule has 0 radical (unpaired) electrons. The normalized spacial score (nSPS) is 17.4. The highest BCUT2D eigenvalue weighted by atomic mass is 16.5. The molecule has 25 heavy (non-hydrogen) atoms. The van der Waals surface area contributed by atoms with Crippen LogP contribution in [0.3, 0.4) is 0 Å². The van der Waals surface area contributed by atoms with Crippen LogP contribution in [-0.2, 0) is 25.5 Å². The number of carboxylic acid groups (broad SMARTS) is 1. The molecule has 1 N–H and O–H groups in total. The molecule has 0 aliphatic carbocycles. The molecule has 1 aromatic rings. The van der Waals surface area contributed by atoms with Crippen molar-refractivity contribution in [3.8, 4) is 0 Å². The van der Waals surface area contributed by atoms with Crippen LogP contribution in [0, 0.1) is 5.92 Å². The second kappa shape index (κ2) is 7.65. The first-order valence-electron chi connectivity index (χ1n) is 8.53. The van der Waals surface area contributed by atoms with Crippen molar-refractivity contribution in [3.05, 3.63) is 29.8 Å². The minimum atomic E-state index is -1.09. The van der Waals surface area contributed by atoms with Crippen molar-refractivity contribution in [3.63, 3.8) is 0 Å². The molecule has 7 heteroatoms. The van der Waals surface area contributed by atoms with E-state index in [4.69, 9.17) is 9.84 Å². The Morgan fingerprint density at radius 1 is 1.08 bits per heavy atom. The monoisotopic (exact) mass is 346 g/mol. The fraction of sp³-hybridized carbons (Fsp3) is 0.500. The standard InChI is InChI=1S/C18H22N2O5/c21-16(11-25-12-17(22)23)19-8-5-14(6-9-19)18(24)20-10-7-13-3-1-2-4-15(13)20/h1-4,14H,5-12H2,(H,22,23). The summed E-state index contributed by atoms with van der Waals surface area (Å²) in [5, 5.41) is 8.51. The Morgan fingerprint density at radius 3 is 2.52 bits per heavy atom. The Hall–Kier alpha value is -2.41. The summed E-state index contributed by atoms with van der Waals surface area (Å²) < 4.78 is 4.84. The predicted molar refractivity (Wildman–Crippen MR) is 90.3 cm³/mol. The lowest BCUT2D eigenvalue weighted by Gasteiger charge is -2.33. The van der Waals surface area contributed by atoms with Crippen LogP contribution < -0.4 is 4.90 Å². The van der Waals surface area contributed by atoms with Gasteiger partial charge < -0.3 is 19.6 Å². The summed E-state index contributed by atoms with van der Waals surface area (Å²) in [5.74, 6) is -1.25. The number of ether oxygens (including phenoxy) is 1. The lowest BCUT2D eigenvalue weighted by molar-refractivity contribution is -0.146. The lowest BCUT2D eigenvalue weighted by Crippen LogP contribution is -2.45. The molecule has 2 amide bonds. The molecule has 2 aliphatic heterocycles. The molecule has 1 aromatic carbocycles. The minimum Gasteiger partial charge on any atom is -0.480 e. The van der Waals surface area contributed by atoms with E-state index in [1.807, 2.05) is 23.1 Å². The summed E-state index contributed by atoms with van der Waals surface area (Å²) >= 11 is 0. The number of carbonyl (C=O) groups excluding carboxylic acids is 2. The second-order valence-electron chi connectivity index (χ2n) is 6.41. The first-order valence-corrected chi connectivity index (χ1v) is 8.53. The number of likely N-dealkylation sites (tertiary alicyclic amines) is 1. The highest BCUT2D eigenvalue weighted by Gasteiger charge is 2.33. The number of fused-ring (bicyclic) bond motifs is 1. The molecule has 0 unspecified atom stereocenters. The highest BCUT2D eigenvalue weighted by molar-refractivity contribution is 5.97. The van der Waals surface area contributed by atoms with Crippen molar-refractivity contribution in [2.24, 2.45) is 5.92 Å². The molecule has 0 spiro atoms. The molecule has 0 atom stereocenters. The van der Waals surface area contributed by atoms with E-state index in [0.29, 0.717) is 25.9 Å². The predicted octanol–water partition coefficient (Wildman–Crippen LogP) is 0.916. The summed E-state index contributed by atoms with van der Waals surface area (Å²) in [4.78, 5) is 38.7. The smallest absolute Gasteiger partial charge is 0.329 e. The number of nitrogens with zero attached hydrogens (tertiary/aromatic N) is 2. The van der Waals surface area contributed by atoms with Crippen LogP contribution in [0.2, 0.25) is 0 Å². The number of aliphatic carboxylic acids is 1. The Bertz CT molecular complexity index is 667. The van der Waals surface area contributed by atoms with Crippen molar-refractivity contribution in [1.82, 2.24) is 4.90 Å². The SMILES string of the molecule is O=C(O)COCC(=O)N1CCC(C(=O)N2CCc3ccccc32)CC1. The van der Waals surface area contributed by atoms with Gasteiger partial charge in [0.2, 0.25) is 11.8 Å². The zero-order valence-corrected chi connectivity index (χ0v) is 14.0. The molecule has 2 heterocycles. The van der Waals surface area contributed by atoms with Gasteiger partial charge in [0.25, 0.3) is 0 Å². The quantitative estimate of drug-likeness (QED) is 0.856. The van der Waals surface area contributed by atoms with E-state index in [0.717, 1.165) is 18.7 Å². The van der Waals surface area contributed by atoms with Gasteiger partial charge in [0.05, 0.1) is 0 Å². The van der Waals surface area contributed by atoms with Crippen LogP contribution >= 0.6 is 0 Å². The third kappa shape index (κ3) is 3.99. The van der Waals surface area contributed by atoms with E-state index in [1.54, 1.807) is 4.90 Å². The van der Waals surface area contributed by atoms with Gasteiger partial charge in [-0.25, -0.2) is 4.79 Å². The van der Waals surface area contributed by atoms with E-state index in [9.17, 15) is 14.4 Å².